The highest BCUT2D eigenvalue weighted by atomic mass is 16.6. The average Bonchev–Trinajstić information content (AvgIpc) is 3.10. The molecule has 0 bridgehead atoms. The van der Waals surface area contributed by atoms with E-state index in [1.165, 1.54) is 5.56 Å². The van der Waals surface area contributed by atoms with E-state index in [4.69, 9.17) is 14.2 Å². The lowest BCUT2D eigenvalue weighted by Gasteiger charge is -2.29. The third-order valence-electron chi connectivity index (χ3n) is 5.42. The molecule has 1 fully saturated rings. The standard InChI is InChI=1S/C25H38N2O6/c1-6-31-21(28)20-17-25(22(29)32-7-2,26-23(30)33-24(3,4)5)18-27(20)16-12-11-15-19-13-9-8-10-14-19/h8-10,13-14,20H,6-7,11-12,15-18H2,1-5H3,(H,26,30). The maximum atomic E-state index is 13.0. The first kappa shape index (κ1) is 26.6. The van der Waals surface area contributed by atoms with Crippen LogP contribution in [0.15, 0.2) is 30.3 Å². The third kappa shape index (κ3) is 8.03. The molecule has 8 heteroatoms. The summed E-state index contributed by atoms with van der Waals surface area (Å²) in [4.78, 5) is 40.2. The van der Waals surface area contributed by atoms with Crippen LogP contribution in [-0.4, -0.2) is 66.4 Å². The van der Waals surface area contributed by atoms with Crippen LogP contribution >= 0.6 is 0 Å². The van der Waals surface area contributed by atoms with Gasteiger partial charge in [-0.15, -0.1) is 0 Å². The zero-order valence-electron chi connectivity index (χ0n) is 20.5. The molecule has 1 saturated heterocycles. The normalized spacial score (nSPS) is 20.8. The first-order valence-corrected chi connectivity index (χ1v) is 11.7. The number of likely N-dealkylation sites (tertiary alicyclic amines) is 1. The largest absolute Gasteiger partial charge is 0.465 e. The molecule has 0 spiro atoms. The summed E-state index contributed by atoms with van der Waals surface area (Å²) < 4.78 is 16.0. The van der Waals surface area contributed by atoms with Crippen molar-refractivity contribution in [2.24, 2.45) is 0 Å². The second-order valence-electron chi connectivity index (χ2n) is 9.31. The quantitative estimate of drug-likeness (QED) is 0.323. The lowest BCUT2D eigenvalue weighted by molar-refractivity contribution is -0.150. The van der Waals surface area contributed by atoms with Crippen molar-refractivity contribution in [2.45, 2.75) is 77.5 Å². The summed E-state index contributed by atoms with van der Waals surface area (Å²) in [6, 6.07) is 9.55. The number of hydrogen-bond donors (Lipinski definition) is 1. The Morgan fingerprint density at radius 1 is 1.06 bits per heavy atom. The molecule has 8 nitrogen and oxygen atoms in total. The monoisotopic (exact) mass is 462 g/mol. The first-order chi connectivity index (χ1) is 15.6. The van der Waals surface area contributed by atoms with Gasteiger partial charge in [-0.25, -0.2) is 9.59 Å². The number of rotatable bonds is 10. The fraction of sp³-hybridized carbons (Fsp3) is 0.640. The molecule has 1 N–H and O–H groups in total. The molecule has 2 atom stereocenters. The van der Waals surface area contributed by atoms with Gasteiger partial charge in [0.15, 0.2) is 5.54 Å². The van der Waals surface area contributed by atoms with Gasteiger partial charge in [-0.05, 0) is 66.0 Å². The molecular weight excluding hydrogens is 424 g/mol. The number of esters is 2. The minimum Gasteiger partial charge on any atom is -0.465 e. The van der Waals surface area contributed by atoms with Gasteiger partial charge in [-0.1, -0.05) is 30.3 Å². The van der Waals surface area contributed by atoms with Gasteiger partial charge in [0, 0.05) is 13.0 Å². The molecule has 1 aliphatic rings. The van der Waals surface area contributed by atoms with E-state index in [-0.39, 0.29) is 26.2 Å². The number of nitrogens with one attached hydrogen (secondary N) is 1. The summed E-state index contributed by atoms with van der Waals surface area (Å²) in [6.07, 6.45) is 2.04. The van der Waals surface area contributed by atoms with Crippen molar-refractivity contribution in [1.29, 1.82) is 0 Å². The van der Waals surface area contributed by atoms with Gasteiger partial charge >= 0.3 is 18.0 Å². The second-order valence-corrected chi connectivity index (χ2v) is 9.31. The van der Waals surface area contributed by atoms with Crippen LogP contribution in [0.25, 0.3) is 0 Å². The fourth-order valence-corrected chi connectivity index (χ4v) is 4.03. The lowest BCUT2D eigenvalue weighted by atomic mass is 9.96. The fourth-order valence-electron chi connectivity index (χ4n) is 4.03. The third-order valence-corrected chi connectivity index (χ3v) is 5.42. The number of hydrogen-bond acceptors (Lipinski definition) is 7. The number of unbranched alkanes of at least 4 members (excludes halogenated alkanes) is 1. The summed E-state index contributed by atoms with van der Waals surface area (Å²) in [7, 11) is 0. The van der Waals surface area contributed by atoms with Gasteiger partial charge in [0.2, 0.25) is 0 Å². The van der Waals surface area contributed by atoms with Crippen LogP contribution in [-0.2, 0) is 30.2 Å². The van der Waals surface area contributed by atoms with Crippen LogP contribution in [0.5, 0.6) is 0 Å². The molecule has 1 amide bonds. The molecule has 2 unspecified atom stereocenters. The highest BCUT2D eigenvalue weighted by Gasteiger charge is 2.54. The van der Waals surface area contributed by atoms with Gasteiger partial charge in [0.25, 0.3) is 0 Å². The lowest BCUT2D eigenvalue weighted by Crippen LogP contribution is -2.58. The number of nitrogens with zero attached hydrogens (tertiary/aromatic N) is 1. The number of amides is 1. The SMILES string of the molecule is CCOC(=O)C1CC(NC(=O)OC(C)(C)C)(C(=O)OCC)CN1CCCCc1ccccc1. The number of alkyl carbamates (subject to hydrolysis) is 1. The van der Waals surface area contributed by atoms with Gasteiger partial charge in [0.1, 0.15) is 11.6 Å². The Labute approximate surface area is 196 Å². The Morgan fingerprint density at radius 2 is 1.73 bits per heavy atom. The Balaban J connectivity index is 2.15. The van der Waals surface area contributed by atoms with Crippen LogP contribution in [0, 0.1) is 0 Å². The van der Waals surface area contributed by atoms with Crippen molar-refractivity contribution < 1.29 is 28.6 Å². The first-order valence-electron chi connectivity index (χ1n) is 11.7. The van der Waals surface area contributed by atoms with Gasteiger partial charge in [-0.2, -0.15) is 0 Å². The minimum atomic E-state index is -1.38. The zero-order valence-corrected chi connectivity index (χ0v) is 20.5. The minimum absolute atomic E-state index is 0.0720. The maximum absolute atomic E-state index is 13.0. The van der Waals surface area contributed by atoms with Crippen molar-refractivity contribution in [1.82, 2.24) is 10.2 Å². The predicted molar refractivity (Wildman–Crippen MR) is 125 cm³/mol. The molecule has 0 aliphatic carbocycles. The Kier molecular flexibility index (Phi) is 9.70. The summed E-state index contributed by atoms with van der Waals surface area (Å²) in [5, 5.41) is 2.72. The molecule has 33 heavy (non-hydrogen) atoms. The topological polar surface area (TPSA) is 94.2 Å². The van der Waals surface area contributed by atoms with E-state index in [0.717, 1.165) is 19.3 Å². The van der Waals surface area contributed by atoms with Gasteiger partial charge < -0.3 is 19.5 Å². The van der Waals surface area contributed by atoms with E-state index in [1.54, 1.807) is 34.6 Å². The molecule has 1 heterocycles. The highest BCUT2D eigenvalue weighted by Crippen LogP contribution is 2.31. The second kappa shape index (κ2) is 12.0. The molecule has 0 aromatic heterocycles. The van der Waals surface area contributed by atoms with E-state index in [9.17, 15) is 14.4 Å². The molecule has 184 valence electrons. The summed E-state index contributed by atoms with van der Waals surface area (Å²) in [5.74, 6) is -0.977. The number of carbonyl (C=O) groups is 3. The van der Waals surface area contributed by atoms with E-state index < -0.39 is 35.2 Å². The van der Waals surface area contributed by atoms with Crippen LogP contribution < -0.4 is 5.32 Å². The van der Waals surface area contributed by atoms with Crippen molar-refractivity contribution >= 4 is 18.0 Å². The molecule has 0 saturated carbocycles. The molecule has 2 rings (SSSR count). The van der Waals surface area contributed by atoms with Gasteiger partial charge in [-0.3, -0.25) is 9.69 Å². The van der Waals surface area contributed by atoms with E-state index in [1.807, 2.05) is 23.1 Å². The van der Waals surface area contributed by atoms with E-state index in [2.05, 4.69) is 17.4 Å². The predicted octanol–water partition coefficient (Wildman–Crippen LogP) is 3.47. The summed E-state index contributed by atoms with van der Waals surface area (Å²) in [6.45, 7) is 9.84. The Bertz CT molecular complexity index is 792. The van der Waals surface area contributed by atoms with Crippen molar-refractivity contribution in [3.8, 4) is 0 Å². The molecule has 1 aromatic rings. The smallest absolute Gasteiger partial charge is 0.408 e. The summed E-state index contributed by atoms with van der Waals surface area (Å²) in [5.41, 5.74) is -0.848. The number of aryl methyl sites for hydroxylation is 1. The van der Waals surface area contributed by atoms with Crippen LogP contribution in [0.2, 0.25) is 0 Å². The molecular formula is C25H38N2O6. The Morgan fingerprint density at radius 3 is 2.33 bits per heavy atom. The van der Waals surface area contributed by atoms with Crippen molar-refractivity contribution in [3.05, 3.63) is 35.9 Å². The Hall–Kier alpha value is -2.61. The highest BCUT2D eigenvalue weighted by molar-refractivity contribution is 5.89. The van der Waals surface area contributed by atoms with Crippen LogP contribution in [0.1, 0.15) is 59.4 Å². The number of carbonyl (C=O) groups excluding carboxylic acids is 3. The summed E-state index contributed by atoms with van der Waals surface area (Å²) >= 11 is 0. The van der Waals surface area contributed by atoms with Crippen molar-refractivity contribution in [2.75, 3.05) is 26.3 Å². The number of benzene rings is 1. The van der Waals surface area contributed by atoms with Crippen molar-refractivity contribution in [3.63, 3.8) is 0 Å². The van der Waals surface area contributed by atoms with Crippen LogP contribution in [0.4, 0.5) is 4.79 Å². The van der Waals surface area contributed by atoms with E-state index >= 15 is 0 Å². The molecule has 1 aromatic carbocycles. The zero-order chi connectivity index (χ0) is 24.5. The average molecular weight is 463 g/mol. The molecule has 1 aliphatic heterocycles. The number of ether oxygens (including phenoxy) is 3. The van der Waals surface area contributed by atoms with E-state index in [0.29, 0.717) is 6.54 Å². The maximum Gasteiger partial charge on any atom is 0.408 e. The molecule has 0 radical (unpaired) electrons. The van der Waals surface area contributed by atoms with Crippen LogP contribution in [0.3, 0.4) is 0 Å². The van der Waals surface area contributed by atoms with Gasteiger partial charge in [0.05, 0.1) is 13.2 Å².